The number of carbonyl (C=O) groups is 1. The molecule has 0 saturated carbocycles. The van der Waals surface area contributed by atoms with Gasteiger partial charge < -0.3 is 9.41 Å². The number of hydrogen-bond acceptors (Lipinski definition) is 4. The highest BCUT2D eigenvalue weighted by Crippen LogP contribution is 2.42. The lowest BCUT2D eigenvalue weighted by atomic mass is 10.0. The van der Waals surface area contributed by atoms with Gasteiger partial charge in [-0.1, -0.05) is 83.3 Å². The summed E-state index contributed by atoms with van der Waals surface area (Å²) in [6.07, 6.45) is 13.7. The molecule has 152 valence electrons. The van der Waals surface area contributed by atoms with Crippen LogP contribution in [0.2, 0.25) is 0 Å². The number of unbranched alkanes of at least 4 members (excludes halogenated alkanes) is 9. The predicted octanol–water partition coefficient (Wildman–Crippen LogP) is 7.22. The Morgan fingerprint density at radius 2 is 1.70 bits per heavy atom. The van der Waals surface area contributed by atoms with Crippen molar-refractivity contribution in [2.45, 2.75) is 82.4 Å². The third kappa shape index (κ3) is 8.39. The standard InChI is InChI=1S/C22H35NO2S2/c1-2-3-4-5-6-7-8-9-10-11-14-19(22(24)25)17-27-23-18-26-21-16-13-12-15-20(21)23/h12-13,15-16,19H,2-11,14,17-18H2,1H3,(H,24,25). The number of nitrogens with zero attached hydrogens (tertiary/aromatic N) is 1. The normalized spacial score (nSPS) is 14.3. The molecule has 5 heteroatoms. The van der Waals surface area contributed by atoms with E-state index in [0.717, 1.165) is 18.7 Å². The number of rotatable bonds is 15. The van der Waals surface area contributed by atoms with Gasteiger partial charge in [-0.2, -0.15) is 0 Å². The lowest BCUT2D eigenvalue weighted by molar-refractivity contribution is -0.141. The van der Waals surface area contributed by atoms with Crippen LogP contribution in [0.25, 0.3) is 0 Å². The number of benzene rings is 1. The molecule has 1 aliphatic heterocycles. The summed E-state index contributed by atoms with van der Waals surface area (Å²) in [5.74, 6) is 0.705. The molecular weight excluding hydrogens is 374 g/mol. The van der Waals surface area contributed by atoms with Crippen LogP contribution in [-0.4, -0.2) is 22.7 Å². The lowest BCUT2D eigenvalue weighted by Crippen LogP contribution is -2.20. The largest absolute Gasteiger partial charge is 0.481 e. The molecule has 1 aliphatic rings. The van der Waals surface area contributed by atoms with Crippen molar-refractivity contribution in [2.24, 2.45) is 5.92 Å². The molecule has 1 aromatic carbocycles. The van der Waals surface area contributed by atoms with Gasteiger partial charge in [-0.25, -0.2) is 0 Å². The Labute approximate surface area is 173 Å². The first-order valence-electron chi connectivity index (χ1n) is 10.6. The molecule has 0 amide bonds. The van der Waals surface area contributed by atoms with Gasteiger partial charge in [0.05, 0.1) is 17.5 Å². The topological polar surface area (TPSA) is 40.5 Å². The zero-order chi connectivity index (χ0) is 19.3. The monoisotopic (exact) mass is 409 g/mol. The van der Waals surface area contributed by atoms with Crippen LogP contribution in [-0.2, 0) is 4.79 Å². The maximum Gasteiger partial charge on any atom is 0.307 e. The average Bonchev–Trinajstić information content (AvgIpc) is 3.08. The second-order valence-electron chi connectivity index (χ2n) is 7.42. The first-order chi connectivity index (χ1) is 13.2. The first-order valence-corrected chi connectivity index (χ1v) is 12.5. The molecule has 0 bridgehead atoms. The molecule has 0 fully saturated rings. The van der Waals surface area contributed by atoms with E-state index in [2.05, 4.69) is 35.5 Å². The van der Waals surface area contributed by atoms with Crippen LogP contribution in [0, 0.1) is 5.92 Å². The van der Waals surface area contributed by atoms with E-state index in [1.807, 2.05) is 11.8 Å². The van der Waals surface area contributed by atoms with Crippen molar-refractivity contribution in [1.29, 1.82) is 0 Å². The van der Waals surface area contributed by atoms with Crippen LogP contribution in [0.15, 0.2) is 29.2 Å². The molecule has 0 aromatic heterocycles. The summed E-state index contributed by atoms with van der Waals surface area (Å²) in [5.41, 5.74) is 1.23. The maximum atomic E-state index is 11.6. The predicted molar refractivity (Wildman–Crippen MR) is 120 cm³/mol. The number of aliphatic carboxylic acids is 1. The van der Waals surface area contributed by atoms with Gasteiger partial charge in [0.25, 0.3) is 0 Å². The van der Waals surface area contributed by atoms with E-state index in [1.165, 1.54) is 68.4 Å². The van der Waals surface area contributed by atoms with Gasteiger partial charge in [0.15, 0.2) is 0 Å². The van der Waals surface area contributed by atoms with E-state index >= 15 is 0 Å². The van der Waals surface area contributed by atoms with Gasteiger partial charge in [0, 0.05) is 10.6 Å². The highest BCUT2D eigenvalue weighted by atomic mass is 32.2. The van der Waals surface area contributed by atoms with Gasteiger partial charge in [-0.3, -0.25) is 4.79 Å². The van der Waals surface area contributed by atoms with Crippen LogP contribution in [0.3, 0.4) is 0 Å². The molecule has 1 heterocycles. The van der Waals surface area contributed by atoms with Crippen molar-refractivity contribution in [3.63, 3.8) is 0 Å². The fraction of sp³-hybridized carbons (Fsp3) is 0.682. The minimum atomic E-state index is -0.640. The number of anilines is 1. The SMILES string of the molecule is CCCCCCCCCCCCC(CSN1CSc2ccccc21)C(=O)O. The molecule has 1 atom stereocenters. The molecule has 0 spiro atoms. The number of carboxylic acids is 1. The van der Waals surface area contributed by atoms with Gasteiger partial charge in [-0.05, 0) is 30.5 Å². The molecule has 27 heavy (non-hydrogen) atoms. The maximum absolute atomic E-state index is 11.6. The highest BCUT2D eigenvalue weighted by Gasteiger charge is 2.23. The van der Waals surface area contributed by atoms with Crippen LogP contribution in [0.1, 0.15) is 77.6 Å². The number of para-hydroxylation sites is 1. The summed E-state index contributed by atoms with van der Waals surface area (Å²) < 4.78 is 2.24. The smallest absolute Gasteiger partial charge is 0.307 e. The number of fused-ring (bicyclic) bond motifs is 1. The van der Waals surface area contributed by atoms with Crippen molar-refractivity contribution < 1.29 is 9.90 Å². The number of thioether (sulfide) groups is 1. The molecule has 2 rings (SSSR count). The Kier molecular flexibility index (Phi) is 11.1. The van der Waals surface area contributed by atoms with E-state index < -0.39 is 5.97 Å². The van der Waals surface area contributed by atoms with Gasteiger partial charge in [-0.15, -0.1) is 11.8 Å². The minimum Gasteiger partial charge on any atom is -0.481 e. The summed E-state index contributed by atoms with van der Waals surface area (Å²) in [6, 6.07) is 8.38. The Balaban J connectivity index is 1.56. The van der Waals surface area contributed by atoms with Gasteiger partial charge >= 0.3 is 5.97 Å². The van der Waals surface area contributed by atoms with E-state index in [1.54, 1.807) is 11.9 Å². The van der Waals surface area contributed by atoms with Crippen molar-refractivity contribution >= 4 is 35.4 Å². The molecule has 0 radical (unpaired) electrons. The van der Waals surface area contributed by atoms with E-state index in [4.69, 9.17) is 0 Å². The van der Waals surface area contributed by atoms with Crippen LogP contribution in [0.5, 0.6) is 0 Å². The number of carboxylic acid groups (broad SMARTS) is 1. The quantitative estimate of drug-likeness (QED) is 0.245. The molecular formula is C22H35NO2S2. The van der Waals surface area contributed by atoms with Crippen LogP contribution >= 0.6 is 23.7 Å². The molecule has 0 aliphatic carbocycles. The summed E-state index contributed by atoms with van der Waals surface area (Å²) in [6.45, 7) is 2.26. The van der Waals surface area contributed by atoms with Crippen molar-refractivity contribution in [3.05, 3.63) is 24.3 Å². The number of hydrogen-bond donors (Lipinski definition) is 1. The first kappa shape index (κ1) is 22.5. The van der Waals surface area contributed by atoms with Crippen LogP contribution in [0.4, 0.5) is 5.69 Å². The highest BCUT2D eigenvalue weighted by molar-refractivity contribution is 8.04. The van der Waals surface area contributed by atoms with Crippen molar-refractivity contribution in [2.75, 3.05) is 15.9 Å². The summed E-state index contributed by atoms with van der Waals surface area (Å²) >= 11 is 3.50. The third-order valence-electron chi connectivity index (χ3n) is 5.16. The summed E-state index contributed by atoms with van der Waals surface area (Å²) in [4.78, 5) is 12.9. The lowest BCUT2D eigenvalue weighted by Gasteiger charge is -2.19. The zero-order valence-electron chi connectivity index (χ0n) is 16.7. The molecule has 1 unspecified atom stereocenters. The fourth-order valence-corrected chi connectivity index (χ4v) is 5.80. The van der Waals surface area contributed by atoms with Crippen LogP contribution < -0.4 is 4.31 Å². The average molecular weight is 410 g/mol. The third-order valence-corrected chi connectivity index (χ3v) is 7.55. The molecule has 1 N–H and O–H groups in total. The van der Waals surface area contributed by atoms with Crippen molar-refractivity contribution in [1.82, 2.24) is 0 Å². The van der Waals surface area contributed by atoms with E-state index in [0.29, 0.717) is 5.75 Å². The second kappa shape index (κ2) is 13.4. The van der Waals surface area contributed by atoms with Crippen molar-refractivity contribution in [3.8, 4) is 0 Å². The van der Waals surface area contributed by atoms with E-state index in [-0.39, 0.29) is 5.92 Å². The Hall–Kier alpha value is -0.810. The summed E-state index contributed by atoms with van der Waals surface area (Å²) in [5, 5.41) is 9.55. The zero-order valence-corrected chi connectivity index (χ0v) is 18.3. The molecule has 1 aromatic rings. The minimum absolute atomic E-state index is 0.234. The van der Waals surface area contributed by atoms with Gasteiger partial charge in [0.1, 0.15) is 0 Å². The Morgan fingerprint density at radius 3 is 2.37 bits per heavy atom. The summed E-state index contributed by atoms with van der Waals surface area (Å²) in [7, 11) is 0. The van der Waals surface area contributed by atoms with Gasteiger partial charge in [0.2, 0.25) is 0 Å². The molecule has 3 nitrogen and oxygen atoms in total. The molecule has 0 saturated heterocycles. The Bertz CT molecular complexity index is 553. The fourth-order valence-electron chi connectivity index (χ4n) is 3.43. The second-order valence-corrected chi connectivity index (χ2v) is 9.44. The van der Waals surface area contributed by atoms with E-state index in [9.17, 15) is 9.90 Å². The Morgan fingerprint density at radius 1 is 1.07 bits per heavy atom.